The lowest BCUT2D eigenvalue weighted by atomic mass is 10.2. The zero-order valence-corrected chi connectivity index (χ0v) is 17.4. The average molecular weight is 439 g/mol. The number of aryl methyl sites for hydroxylation is 1. The minimum absolute atomic E-state index is 0.209. The molecule has 33 heavy (non-hydrogen) atoms. The van der Waals surface area contributed by atoms with E-state index in [0.29, 0.717) is 23.0 Å². The first-order chi connectivity index (χ1) is 16.1. The van der Waals surface area contributed by atoms with Crippen LogP contribution in [0.25, 0.3) is 11.3 Å². The molecule has 5 aromatic rings. The molecule has 0 saturated heterocycles. The van der Waals surface area contributed by atoms with Crippen LogP contribution in [0.4, 0.5) is 5.69 Å². The van der Waals surface area contributed by atoms with Gasteiger partial charge in [0, 0.05) is 30.3 Å². The van der Waals surface area contributed by atoms with Crippen LogP contribution in [-0.4, -0.2) is 35.3 Å². The molecule has 0 aliphatic heterocycles. The zero-order chi connectivity index (χ0) is 22.8. The molecule has 0 unspecified atom stereocenters. The molecule has 0 fully saturated rings. The zero-order valence-electron chi connectivity index (χ0n) is 17.4. The van der Waals surface area contributed by atoms with Gasteiger partial charge in [-0.3, -0.25) is 14.0 Å². The Morgan fingerprint density at radius 2 is 1.76 bits per heavy atom. The molecule has 0 aliphatic carbocycles. The molecule has 3 aromatic heterocycles. The van der Waals surface area contributed by atoms with Crippen LogP contribution < -0.4 is 15.5 Å². The molecule has 10 heteroatoms. The molecule has 10 nitrogen and oxygen atoms in total. The van der Waals surface area contributed by atoms with Crippen LogP contribution in [0.3, 0.4) is 0 Å². The Morgan fingerprint density at radius 1 is 0.970 bits per heavy atom. The average Bonchev–Trinajstić information content (AvgIpc) is 3.23. The van der Waals surface area contributed by atoms with E-state index >= 15 is 0 Å². The number of carbonyl (C=O) groups is 1. The SMILES string of the molecule is Cc1nnc2c(Oc3ccc(NC(=O)c4nn(-c5ccccc5)ccc4=O)cc3)nccn12. The number of carbonyl (C=O) groups excluding carboxylic acids is 1. The fourth-order valence-corrected chi connectivity index (χ4v) is 3.19. The molecule has 0 spiro atoms. The van der Waals surface area contributed by atoms with Gasteiger partial charge in [-0.25, -0.2) is 9.67 Å². The Morgan fingerprint density at radius 3 is 2.55 bits per heavy atom. The maximum absolute atomic E-state index is 12.7. The quantitative estimate of drug-likeness (QED) is 0.447. The van der Waals surface area contributed by atoms with E-state index in [9.17, 15) is 9.59 Å². The van der Waals surface area contributed by atoms with Gasteiger partial charge in [0.2, 0.25) is 11.1 Å². The van der Waals surface area contributed by atoms with Crippen molar-refractivity contribution in [3.63, 3.8) is 0 Å². The van der Waals surface area contributed by atoms with Crippen LogP contribution in [0.2, 0.25) is 0 Å². The summed E-state index contributed by atoms with van der Waals surface area (Å²) in [5.74, 6) is 0.920. The third-order valence-corrected chi connectivity index (χ3v) is 4.84. The number of rotatable bonds is 5. The van der Waals surface area contributed by atoms with E-state index in [1.54, 1.807) is 41.1 Å². The molecule has 1 amide bonds. The number of fused-ring (bicyclic) bond motifs is 1. The number of para-hydroxylation sites is 1. The molecule has 5 rings (SSSR count). The van der Waals surface area contributed by atoms with E-state index in [1.807, 2.05) is 37.3 Å². The van der Waals surface area contributed by atoms with Crippen LogP contribution in [0.15, 0.2) is 84.0 Å². The number of aromatic nitrogens is 6. The lowest BCUT2D eigenvalue weighted by Gasteiger charge is -2.09. The van der Waals surface area contributed by atoms with Gasteiger partial charge in [-0.2, -0.15) is 5.10 Å². The summed E-state index contributed by atoms with van der Waals surface area (Å²) in [7, 11) is 0. The van der Waals surface area contributed by atoms with E-state index in [-0.39, 0.29) is 5.69 Å². The second-order valence-electron chi connectivity index (χ2n) is 7.06. The van der Waals surface area contributed by atoms with Gasteiger partial charge in [0.15, 0.2) is 5.69 Å². The minimum atomic E-state index is -0.607. The summed E-state index contributed by atoms with van der Waals surface area (Å²) >= 11 is 0. The topological polar surface area (TPSA) is 116 Å². The molecule has 1 N–H and O–H groups in total. The predicted octanol–water partition coefficient (Wildman–Crippen LogP) is 3.02. The Labute approximate surface area is 187 Å². The van der Waals surface area contributed by atoms with Crippen molar-refractivity contribution in [2.75, 3.05) is 5.32 Å². The highest BCUT2D eigenvalue weighted by molar-refractivity contribution is 6.02. The Hall–Kier alpha value is -4.86. The number of ether oxygens (including phenoxy) is 1. The fourth-order valence-electron chi connectivity index (χ4n) is 3.19. The van der Waals surface area contributed by atoms with Crippen molar-refractivity contribution in [2.45, 2.75) is 6.92 Å². The Kier molecular flexibility index (Phi) is 5.07. The molecule has 3 heterocycles. The first kappa shape index (κ1) is 20.1. The van der Waals surface area contributed by atoms with Gasteiger partial charge in [0.25, 0.3) is 11.8 Å². The maximum atomic E-state index is 12.7. The summed E-state index contributed by atoms with van der Waals surface area (Å²) in [6.45, 7) is 1.83. The van der Waals surface area contributed by atoms with Crippen molar-refractivity contribution in [3.8, 4) is 17.3 Å². The molecule has 0 radical (unpaired) electrons. The van der Waals surface area contributed by atoms with Crippen LogP contribution in [0.5, 0.6) is 11.6 Å². The number of nitrogens with zero attached hydrogens (tertiary/aromatic N) is 6. The number of hydrogen-bond donors (Lipinski definition) is 1. The molecule has 0 saturated carbocycles. The summed E-state index contributed by atoms with van der Waals surface area (Å²) in [6.07, 6.45) is 4.87. The Balaban J connectivity index is 1.33. The number of amides is 1. The number of anilines is 1. The van der Waals surface area contributed by atoms with Crippen molar-refractivity contribution in [3.05, 3.63) is 101 Å². The van der Waals surface area contributed by atoms with Gasteiger partial charge in [0.1, 0.15) is 11.6 Å². The molecular formula is C23H17N7O3. The van der Waals surface area contributed by atoms with Gasteiger partial charge in [-0.15, -0.1) is 10.2 Å². The third kappa shape index (κ3) is 4.04. The first-order valence-corrected chi connectivity index (χ1v) is 9.99. The van der Waals surface area contributed by atoms with Gasteiger partial charge >= 0.3 is 0 Å². The van der Waals surface area contributed by atoms with Crippen molar-refractivity contribution >= 4 is 17.2 Å². The second kappa shape index (κ2) is 8.35. The van der Waals surface area contributed by atoms with Gasteiger partial charge < -0.3 is 10.1 Å². The molecule has 162 valence electrons. The molecule has 0 atom stereocenters. The van der Waals surface area contributed by atoms with Crippen molar-refractivity contribution < 1.29 is 9.53 Å². The Bertz CT molecular complexity index is 1510. The molecule has 0 bridgehead atoms. The standard InChI is InChI=1S/C23H17N7O3/c1-15-26-27-21-23(24-12-14-29(15)21)33-18-9-7-16(8-10-18)25-22(32)20-19(31)11-13-30(28-20)17-5-3-2-4-6-17/h2-14H,1H3,(H,25,32). The summed E-state index contributed by atoms with van der Waals surface area (Å²) in [5.41, 5.74) is 1.03. The lowest BCUT2D eigenvalue weighted by molar-refractivity contribution is 0.101. The van der Waals surface area contributed by atoms with Crippen molar-refractivity contribution in [1.29, 1.82) is 0 Å². The van der Waals surface area contributed by atoms with E-state index in [4.69, 9.17) is 4.74 Å². The van der Waals surface area contributed by atoms with Crippen LogP contribution >= 0.6 is 0 Å². The highest BCUT2D eigenvalue weighted by atomic mass is 16.5. The highest BCUT2D eigenvalue weighted by Crippen LogP contribution is 2.24. The smallest absolute Gasteiger partial charge is 0.280 e. The van der Waals surface area contributed by atoms with E-state index in [1.165, 1.54) is 16.9 Å². The summed E-state index contributed by atoms with van der Waals surface area (Å²) in [6, 6.07) is 17.2. The van der Waals surface area contributed by atoms with Crippen LogP contribution in [0.1, 0.15) is 16.3 Å². The largest absolute Gasteiger partial charge is 0.436 e. The van der Waals surface area contributed by atoms with E-state index < -0.39 is 11.3 Å². The van der Waals surface area contributed by atoms with Gasteiger partial charge in [-0.05, 0) is 43.3 Å². The third-order valence-electron chi connectivity index (χ3n) is 4.84. The predicted molar refractivity (Wildman–Crippen MR) is 120 cm³/mol. The monoisotopic (exact) mass is 439 g/mol. The van der Waals surface area contributed by atoms with E-state index in [0.717, 1.165) is 11.5 Å². The number of hydrogen-bond acceptors (Lipinski definition) is 7. The highest BCUT2D eigenvalue weighted by Gasteiger charge is 2.14. The molecular weight excluding hydrogens is 422 g/mol. The van der Waals surface area contributed by atoms with E-state index in [2.05, 4.69) is 25.6 Å². The van der Waals surface area contributed by atoms with Crippen molar-refractivity contribution in [2.24, 2.45) is 0 Å². The normalized spacial score (nSPS) is 10.8. The maximum Gasteiger partial charge on any atom is 0.280 e. The second-order valence-corrected chi connectivity index (χ2v) is 7.06. The first-order valence-electron chi connectivity index (χ1n) is 9.99. The van der Waals surface area contributed by atoms with Crippen LogP contribution in [-0.2, 0) is 0 Å². The number of nitrogens with one attached hydrogen (secondary N) is 1. The summed E-state index contributed by atoms with van der Waals surface area (Å²) in [5, 5.41) is 15.0. The van der Waals surface area contributed by atoms with Gasteiger partial charge in [0.05, 0.1) is 5.69 Å². The molecule has 2 aromatic carbocycles. The summed E-state index contributed by atoms with van der Waals surface area (Å²) < 4.78 is 9.07. The van der Waals surface area contributed by atoms with Gasteiger partial charge in [-0.1, -0.05) is 18.2 Å². The lowest BCUT2D eigenvalue weighted by Crippen LogP contribution is -2.25. The van der Waals surface area contributed by atoms with Crippen LogP contribution in [0, 0.1) is 6.92 Å². The van der Waals surface area contributed by atoms with Crippen molar-refractivity contribution in [1.82, 2.24) is 29.4 Å². The molecule has 0 aliphatic rings. The fraction of sp³-hybridized carbons (Fsp3) is 0.0435. The number of benzene rings is 2. The minimum Gasteiger partial charge on any atom is -0.436 e. The summed E-state index contributed by atoms with van der Waals surface area (Å²) in [4.78, 5) is 29.1.